The number of aromatic nitrogens is 3. The second-order valence-electron chi connectivity index (χ2n) is 3.72. The Balaban J connectivity index is 1.88. The first-order valence-corrected chi connectivity index (χ1v) is 5.72. The summed E-state index contributed by atoms with van der Waals surface area (Å²) in [5.74, 6) is -0.206. The van der Waals surface area contributed by atoms with Gasteiger partial charge in [-0.25, -0.2) is 0 Å². The van der Waals surface area contributed by atoms with Crippen molar-refractivity contribution in [3.8, 4) is 0 Å². The van der Waals surface area contributed by atoms with E-state index in [0.717, 1.165) is 17.5 Å². The Labute approximate surface area is 104 Å². The molecule has 18 heavy (non-hydrogen) atoms. The number of nitrogens with one attached hydrogen (secondary N) is 1. The number of fused-ring (bicyclic) bond motifs is 1. The number of nitrogens with zero attached hydrogens (tertiary/aromatic N) is 3. The van der Waals surface area contributed by atoms with E-state index >= 15 is 0 Å². The van der Waals surface area contributed by atoms with Crippen molar-refractivity contribution in [2.24, 2.45) is 5.73 Å². The number of carbonyl (C=O) groups excluding carboxylic acids is 1. The molecule has 0 unspecified atom stereocenters. The summed E-state index contributed by atoms with van der Waals surface area (Å²) in [4.78, 5) is 17.9. The van der Waals surface area contributed by atoms with Gasteiger partial charge in [0.05, 0.1) is 0 Å². The van der Waals surface area contributed by atoms with Gasteiger partial charge in [-0.3, -0.25) is 4.79 Å². The van der Waals surface area contributed by atoms with Gasteiger partial charge in [0, 0.05) is 6.54 Å². The van der Waals surface area contributed by atoms with E-state index < -0.39 is 0 Å². The summed E-state index contributed by atoms with van der Waals surface area (Å²) in [6.45, 7) is 1.00. The fraction of sp³-hybridized carbons (Fsp3) is 0.364. The largest absolute Gasteiger partial charge is 0.385 e. The molecule has 1 amide bonds. The zero-order valence-electron chi connectivity index (χ0n) is 9.87. The Morgan fingerprint density at radius 2 is 2.28 bits per heavy atom. The van der Waals surface area contributed by atoms with Gasteiger partial charge in [-0.2, -0.15) is 0 Å². The second kappa shape index (κ2) is 5.97. The summed E-state index contributed by atoms with van der Waals surface area (Å²) >= 11 is 0. The van der Waals surface area contributed by atoms with Crippen molar-refractivity contribution in [2.75, 3.05) is 19.7 Å². The molecule has 0 aliphatic rings. The molecule has 0 bridgehead atoms. The smallest absolute Gasteiger partial charge is 0.260 e. The summed E-state index contributed by atoms with van der Waals surface area (Å²) in [5, 5.41) is 10.4. The molecular formula is C11H15N5O2. The van der Waals surface area contributed by atoms with Crippen LogP contribution in [0.4, 0.5) is 0 Å². The number of carbonyl (C=O) groups is 1. The Kier molecular flexibility index (Phi) is 4.08. The molecule has 0 aliphatic carbocycles. The molecule has 2 aromatic rings. The fourth-order valence-corrected chi connectivity index (χ4v) is 1.44. The number of para-hydroxylation sites is 1. The van der Waals surface area contributed by atoms with Crippen LogP contribution in [-0.2, 0) is 4.79 Å². The van der Waals surface area contributed by atoms with Gasteiger partial charge in [-0.1, -0.05) is 17.0 Å². The van der Waals surface area contributed by atoms with E-state index in [4.69, 9.17) is 10.6 Å². The monoisotopic (exact) mass is 249 g/mol. The first-order valence-electron chi connectivity index (χ1n) is 5.72. The van der Waals surface area contributed by atoms with Crippen LogP contribution in [0.1, 0.15) is 6.42 Å². The van der Waals surface area contributed by atoms with Crippen molar-refractivity contribution in [2.45, 2.75) is 6.42 Å². The fourth-order valence-electron chi connectivity index (χ4n) is 1.44. The Morgan fingerprint density at radius 1 is 1.44 bits per heavy atom. The molecule has 0 spiro atoms. The summed E-state index contributed by atoms with van der Waals surface area (Å²) in [6, 6.07) is 7.36. The van der Waals surface area contributed by atoms with Crippen LogP contribution in [0, 0.1) is 0 Å². The lowest BCUT2D eigenvalue weighted by Crippen LogP contribution is -2.33. The molecule has 7 heteroatoms. The van der Waals surface area contributed by atoms with Crippen LogP contribution in [0.5, 0.6) is 0 Å². The minimum absolute atomic E-state index is 0.0993. The third-order valence-electron chi connectivity index (χ3n) is 2.34. The molecule has 0 radical (unpaired) electrons. The van der Waals surface area contributed by atoms with E-state index in [2.05, 4.69) is 15.6 Å². The zero-order chi connectivity index (χ0) is 12.8. The number of nitrogens with two attached hydrogens (primary N) is 1. The van der Waals surface area contributed by atoms with Crippen LogP contribution in [0.25, 0.3) is 11.0 Å². The minimum atomic E-state index is -0.206. The van der Waals surface area contributed by atoms with Gasteiger partial charge in [0.25, 0.3) is 5.91 Å². The molecular weight excluding hydrogens is 234 g/mol. The Morgan fingerprint density at radius 3 is 3.11 bits per heavy atom. The molecule has 0 saturated carbocycles. The summed E-state index contributed by atoms with van der Waals surface area (Å²) in [5.41, 5.74) is 6.78. The Hall–Kier alpha value is -2.15. The third kappa shape index (κ3) is 2.95. The third-order valence-corrected chi connectivity index (χ3v) is 2.34. The highest BCUT2D eigenvalue weighted by Crippen LogP contribution is 2.07. The molecule has 2 rings (SSSR count). The van der Waals surface area contributed by atoms with Crippen molar-refractivity contribution in [3.05, 3.63) is 24.3 Å². The molecule has 1 aromatic carbocycles. The van der Waals surface area contributed by atoms with Crippen LogP contribution in [0.15, 0.2) is 24.3 Å². The van der Waals surface area contributed by atoms with Gasteiger partial charge < -0.3 is 15.9 Å². The number of hydrogen-bond donors (Lipinski definition) is 2. The average Bonchev–Trinajstić information content (AvgIpc) is 2.80. The zero-order valence-corrected chi connectivity index (χ0v) is 9.87. The predicted molar refractivity (Wildman–Crippen MR) is 65.7 cm³/mol. The van der Waals surface area contributed by atoms with Gasteiger partial charge in [0.15, 0.2) is 6.61 Å². The van der Waals surface area contributed by atoms with E-state index in [1.807, 2.05) is 24.3 Å². The van der Waals surface area contributed by atoms with E-state index in [-0.39, 0.29) is 12.5 Å². The van der Waals surface area contributed by atoms with E-state index in [1.54, 1.807) is 0 Å². The molecule has 0 saturated heterocycles. The number of hydrogen-bond acceptors (Lipinski definition) is 5. The van der Waals surface area contributed by atoms with Crippen molar-refractivity contribution in [1.29, 1.82) is 0 Å². The number of benzene rings is 1. The number of amides is 1. The van der Waals surface area contributed by atoms with Crippen molar-refractivity contribution in [1.82, 2.24) is 20.5 Å². The van der Waals surface area contributed by atoms with Crippen LogP contribution >= 0.6 is 0 Å². The second-order valence-corrected chi connectivity index (χ2v) is 3.72. The maximum absolute atomic E-state index is 11.4. The van der Waals surface area contributed by atoms with Gasteiger partial charge in [0.2, 0.25) is 0 Å². The first kappa shape index (κ1) is 12.3. The first-order chi connectivity index (χ1) is 8.81. The molecule has 1 heterocycles. The topological polar surface area (TPSA) is 95.1 Å². The summed E-state index contributed by atoms with van der Waals surface area (Å²) in [6.07, 6.45) is 0.748. The predicted octanol–water partition coefficient (Wildman–Crippen LogP) is -0.675. The van der Waals surface area contributed by atoms with Crippen molar-refractivity contribution >= 4 is 16.9 Å². The average molecular weight is 249 g/mol. The van der Waals surface area contributed by atoms with Gasteiger partial charge in [0.1, 0.15) is 11.0 Å². The normalized spacial score (nSPS) is 10.5. The number of rotatable bonds is 6. The quantitative estimate of drug-likeness (QED) is 0.662. The van der Waals surface area contributed by atoms with Crippen molar-refractivity contribution in [3.63, 3.8) is 0 Å². The van der Waals surface area contributed by atoms with E-state index in [1.165, 1.54) is 4.85 Å². The summed E-state index contributed by atoms with van der Waals surface area (Å²) < 4.78 is 0. The Bertz CT molecular complexity index is 525. The maximum Gasteiger partial charge on any atom is 0.260 e. The van der Waals surface area contributed by atoms with Crippen molar-refractivity contribution < 1.29 is 9.63 Å². The van der Waals surface area contributed by atoms with Gasteiger partial charge >= 0.3 is 0 Å². The molecule has 7 nitrogen and oxygen atoms in total. The molecule has 0 fully saturated rings. The van der Waals surface area contributed by atoms with Gasteiger partial charge in [-0.05, 0) is 30.3 Å². The highest BCUT2D eigenvalue weighted by Gasteiger charge is 2.06. The van der Waals surface area contributed by atoms with Crippen LogP contribution < -0.4 is 15.9 Å². The molecule has 96 valence electrons. The minimum Gasteiger partial charge on any atom is -0.385 e. The van der Waals surface area contributed by atoms with Gasteiger partial charge in [-0.15, -0.1) is 5.10 Å². The lowest BCUT2D eigenvalue weighted by Gasteiger charge is -2.06. The molecule has 3 N–H and O–H groups in total. The maximum atomic E-state index is 11.4. The van der Waals surface area contributed by atoms with E-state index in [9.17, 15) is 4.79 Å². The van der Waals surface area contributed by atoms with Crippen LogP contribution in [0.2, 0.25) is 0 Å². The SMILES string of the molecule is NCCCNC(=O)COn1nnc2ccccc21. The van der Waals surface area contributed by atoms with E-state index in [0.29, 0.717) is 13.1 Å². The summed E-state index contributed by atoms with van der Waals surface area (Å²) in [7, 11) is 0. The lowest BCUT2D eigenvalue weighted by molar-refractivity contribution is -0.126. The molecule has 1 aromatic heterocycles. The van der Waals surface area contributed by atoms with Crippen LogP contribution in [0.3, 0.4) is 0 Å². The molecule has 0 aliphatic heterocycles. The van der Waals surface area contributed by atoms with Crippen LogP contribution in [-0.4, -0.2) is 40.8 Å². The highest BCUT2D eigenvalue weighted by molar-refractivity contribution is 5.77. The standard InChI is InChI=1S/C11H15N5O2/c12-6-3-7-13-11(17)8-18-16-10-5-2-1-4-9(10)14-15-16/h1-2,4-5H,3,6-8,12H2,(H,13,17). The molecule has 0 atom stereocenters. The highest BCUT2D eigenvalue weighted by atomic mass is 16.7. The lowest BCUT2D eigenvalue weighted by atomic mass is 10.3.